The fourth-order valence-electron chi connectivity index (χ4n) is 5.49. The topological polar surface area (TPSA) is 82.5 Å². The van der Waals surface area contributed by atoms with E-state index in [2.05, 4.69) is 20.6 Å². The lowest BCUT2D eigenvalue weighted by Crippen LogP contribution is -2.41. The Balaban J connectivity index is 1.12. The Morgan fingerprint density at radius 3 is 2.66 bits per heavy atom. The number of fused-ring (bicyclic) bond motifs is 2. The molecule has 1 saturated carbocycles. The number of aryl methyl sites for hydroxylation is 1. The second kappa shape index (κ2) is 10.2. The summed E-state index contributed by atoms with van der Waals surface area (Å²) in [4.78, 5) is 30.4. The fourth-order valence-corrected chi connectivity index (χ4v) is 5.49. The molecule has 6 rings (SSSR count). The van der Waals surface area contributed by atoms with Crippen molar-refractivity contribution >= 4 is 29.0 Å². The van der Waals surface area contributed by atoms with Crippen LogP contribution >= 0.6 is 0 Å². The van der Waals surface area contributed by atoms with E-state index in [1.165, 1.54) is 18.9 Å². The minimum Gasteiger partial charge on any atom is -0.352 e. The molecule has 3 aromatic rings. The summed E-state index contributed by atoms with van der Waals surface area (Å²) in [7, 11) is 1.84. The molecule has 38 heavy (non-hydrogen) atoms. The monoisotopic (exact) mass is 516 g/mol. The van der Waals surface area contributed by atoms with Gasteiger partial charge in [0.15, 0.2) is 0 Å². The maximum atomic E-state index is 15.1. The third-order valence-corrected chi connectivity index (χ3v) is 7.96. The Morgan fingerprint density at radius 1 is 1.11 bits per heavy atom. The van der Waals surface area contributed by atoms with Gasteiger partial charge in [-0.1, -0.05) is 18.2 Å². The van der Waals surface area contributed by atoms with E-state index in [0.29, 0.717) is 17.8 Å². The van der Waals surface area contributed by atoms with Crippen molar-refractivity contribution in [2.45, 2.75) is 38.8 Å². The van der Waals surface area contributed by atoms with Crippen LogP contribution in [0.2, 0.25) is 0 Å². The highest BCUT2D eigenvalue weighted by molar-refractivity contribution is 6.08. The number of carbonyl (C=O) groups excluding carboxylic acids is 2. The van der Waals surface area contributed by atoms with Gasteiger partial charge in [-0.3, -0.25) is 14.3 Å². The average molecular weight is 517 g/mol. The lowest BCUT2D eigenvalue weighted by Gasteiger charge is -2.31. The van der Waals surface area contributed by atoms with Gasteiger partial charge in [0.25, 0.3) is 5.91 Å². The van der Waals surface area contributed by atoms with E-state index < -0.39 is 5.82 Å². The highest BCUT2D eigenvalue weighted by Gasteiger charge is 2.30. The van der Waals surface area contributed by atoms with Crippen molar-refractivity contribution in [2.75, 3.05) is 29.9 Å². The Morgan fingerprint density at radius 2 is 1.89 bits per heavy atom. The minimum absolute atomic E-state index is 0.0171. The molecule has 198 valence electrons. The summed E-state index contributed by atoms with van der Waals surface area (Å²) >= 11 is 0. The number of carbonyl (C=O) groups is 2. The molecule has 9 heteroatoms. The number of rotatable bonds is 6. The molecule has 0 atom stereocenters. The van der Waals surface area contributed by atoms with Crippen molar-refractivity contribution in [1.82, 2.24) is 20.0 Å². The fraction of sp³-hybridized carbons (Fsp3) is 0.414. The predicted molar refractivity (Wildman–Crippen MR) is 144 cm³/mol. The van der Waals surface area contributed by atoms with Gasteiger partial charge in [-0.2, -0.15) is 5.10 Å². The largest absolute Gasteiger partial charge is 0.352 e. The summed E-state index contributed by atoms with van der Waals surface area (Å²) in [5, 5.41) is 10.6. The normalized spacial score (nSPS) is 17.8. The van der Waals surface area contributed by atoms with Gasteiger partial charge >= 0.3 is 0 Å². The van der Waals surface area contributed by atoms with E-state index in [0.717, 1.165) is 55.5 Å². The zero-order valence-electron chi connectivity index (χ0n) is 21.6. The number of anilines is 3. The molecule has 8 nitrogen and oxygen atoms in total. The predicted octanol–water partition coefficient (Wildman–Crippen LogP) is 4.20. The van der Waals surface area contributed by atoms with Crippen LogP contribution in [0.3, 0.4) is 0 Å². The quantitative estimate of drug-likeness (QED) is 0.513. The van der Waals surface area contributed by atoms with Crippen LogP contribution in [0, 0.1) is 17.7 Å². The van der Waals surface area contributed by atoms with Crippen LogP contribution < -0.4 is 15.5 Å². The maximum Gasteiger partial charge on any atom is 0.258 e. The second-order valence-corrected chi connectivity index (χ2v) is 10.7. The Bertz CT molecular complexity index is 1360. The third kappa shape index (κ3) is 5.03. The van der Waals surface area contributed by atoms with Gasteiger partial charge in [0.05, 0.1) is 24.1 Å². The molecule has 0 spiro atoms. The molecule has 1 aromatic heterocycles. The third-order valence-electron chi connectivity index (χ3n) is 7.96. The molecule has 2 fully saturated rings. The number of benzene rings is 2. The number of aromatic nitrogens is 2. The van der Waals surface area contributed by atoms with Gasteiger partial charge in [0, 0.05) is 42.7 Å². The first-order valence-corrected chi connectivity index (χ1v) is 13.4. The molecule has 2 N–H and O–H groups in total. The van der Waals surface area contributed by atoms with Gasteiger partial charge < -0.3 is 20.4 Å². The minimum atomic E-state index is -0.501. The molecular weight excluding hydrogens is 483 g/mol. The number of piperidine rings is 1. The van der Waals surface area contributed by atoms with Gasteiger partial charge in [-0.05, 0) is 69.0 Å². The van der Waals surface area contributed by atoms with E-state index in [9.17, 15) is 9.59 Å². The van der Waals surface area contributed by atoms with Crippen molar-refractivity contribution in [1.29, 1.82) is 0 Å². The zero-order chi connectivity index (χ0) is 26.2. The average Bonchev–Trinajstić information content (AvgIpc) is 3.71. The SMILES string of the molecule is Cn1ncc2c1Nc1ccccc1N(C(=O)c1ccc(CNC(=O)C3CCN(CC4CC4)CC3)c(F)c1)C2. The van der Waals surface area contributed by atoms with E-state index in [1.807, 2.05) is 31.3 Å². The van der Waals surface area contributed by atoms with Crippen LogP contribution in [-0.2, 0) is 24.9 Å². The first-order valence-electron chi connectivity index (χ1n) is 13.4. The Hall–Kier alpha value is -3.72. The number of hydrogen-bond acceptors (Lipinski definition) is 5. The Kier molecular flexibility index (Phi) is 6.61. The first-order chi connectivity index (χ1) is 18.5. The summed E-state index contributed by atoms with van der Waals surface area (Å²) in [6, 6.07) is 12.0. The van der Waals surface area contributed by atoms with Gasteiger partial charge in [-0.15, -0.1) is 0 Å². The molecule has 0 radical (unpaired) electrons. The van der Waals surface area contributed by atoms with E-state index >= 15 is 4.39 Å². The van der Waals surface area contributed by atoms with E-state index in [-0.39, 0.29) is 29.8 Å². The van der Waals surface area contributed by atoms with Crippen molar-refractivity contribution in [2.24, 2.45) is 18.9 Å². The smallest absolute Gasteiger partial charge is 0.258 e. The number of hydrogen-bond donors (Lipinski definition) is 2. The van der Waals surface area contributed by atoms with E-state index in [1.54, 1.807) is 27.9 Å². The number of amides is 2. The van der Waals surface area contributed by atoms with Crippen LogP contribution in [-0.4, -0.2) is 46.1 Å². The molecular formula is C29H33FN6O2. The van der Waals surface area contributed by atoms with Crippen molar-refractivity contribution in [3.8, 4) is 0 Å². The molecule has 2 amide bonds. The van der Waals surface area contributed by atoms with Crippen LogP contribution in [0.15, 0.2) is 48.7 Å². The number of nitrogens with zero attached hydrogens (tertiary/aromatic N) is 4. The Labute approximate surface area is 221 Å². The van der Waals surface area contributed by atoms with Crippen molar-refractivity contribution in [3.05, 3.63) is 71.2 Å². The number of nitrogens with one attached hydrogen (secondary N) is 2. The molecule has 0 unspecified atom stereocenters. The summed E-state index contributed by atoms with van der Waals surface area (Å²) in [5.74, 6) is 0.831. The zero-order valence-corrected chi connectivity index (χ0v) is 21.6. The summed E-state index contributed by atoms with van der Waals surface area (Å²) in [6.07, 6.45) is 6.10. The number of halogens is 1. The summed E-state index contributed by atoms with van der Waals surface area (Å²) in [5.41, 5.74) is 2.99. The van der Waals surface area contributed by atoms with Crippen molar-refractivity contribution in [3.63, 3.8) is 0 Å². The van der Waals surface area contributed by atoms with Gasteiger partial charge in [0.1, 0.15) is 11.6 Å². The van der Waals surface area contributed by atoms with Crippen molar-refractivity contribution < 1.29 is 14.0 Å². The first kappa shape index (κ1) is 24.6. The molecule has 3 heterocycles. The molecule has 2 aliphatic heterocycles. The standard InChI is InChI=1S/C29H33FN6O2/c1-34-27-23(16-32-34)18-36(26-5-3-2-4-25(26)33-27)29(38)21-8-9-22(24(30)14-21)15-31-28(37)20-10-12-35(13-11-20)17-19-6-7-19/h2-5,8-9,14,16,19-20,33H,6-7,10-13,15,17-18H2,1H3,(H,31,37). The highest BCUT2D eigenvalue weighted by Crippen LogP contribution is 2.36. The van der Waals surface area contributed by atoms with Gasteiger partial charge in [0.2, 0.25) is 5.91 Å². The van der Waals surface area contributed by atoms with Crippen LogP contribution in [0.1, 0.15) is 47.2 Å². The molecule has 3 aliphatic rings. The summed E-state index contributed by atoms with van der Waals surface area (Å²) in [6.45, 7) is 3.49. The van der Waals surface area contributed by atoms with Crippen LogP contribution in [0.25, 0.3) is 0 Å². The second-order valence-electron chi connectivity index (χ2n) is 10.7. The molecule has 1 aliphatic carbocycles. The maximum absolute atomic E-state index is 15.1. The number of likely N-dealkylation sites (tertiary alicyclic amines) is 1. The van der Waals surface area contributed by atoms with Crippen LogP contribution in [0.5, 0.6) is 0 Å². The highest BCUT2D eigenvalue weighted by atomic mass is 19.1. The van der Waals surface area contributed by atoms with Crippen LogP contribution in [0.4, 0.5) is 21.6 Å². The molecule has 2 aromatic carbocycles. The summed E-state index contributed by atoms with van der Waals surface area (Å²) < 4.78 is 16.8. The molecule has 0 bridgehead atoms. The lowest BCUT2D eigenvalue weighted by molar-refractivity contribution is -0.126. The van der Waals surface area contributed by atoms with Gasteiger partial charge in [-0.25, -0.2) is 4.39 Å². The lowest BCUT2D eigenvalue weighted by atomic mass is 9.95. The van der Waals surface area contributed by atoms with E-state index in [4.69, 9.17) is 0 Å². The molecule has 1 saturated heterocycles. The number of para-hydroxylation sites is 2.